The Hall–Kier alpha value is -1.27. The molecule has 0 bridgehead atoms. The average Bonchev–Trinajstić information content (AvgIpc) is 2.15. The van der Waals surface area contributed by atoms with E-state index in [-0.39, 0.29) is 19.3 Å². The van der Waals surface area contributed by atoms with E-state index in [2.05, 4.69) is 5.32 Å². The maximum atomic E-state index is 12.5. The number of halogens is 3. The summed E-state index contributed by atoms with van der Waals surface area (Å²) >= 11 is 0. The van der Waals surface area contributed by atoms with Crippen LogP contribution in [0.2, 0.25) is 0 Å². The highest BCUT2D eigenvalue weighted by Gasteiger charge is 2.48. The van der Waals surface area contributed by atoms with E-state index in [1.54, 1.807) is 0 Å². The summed E-state index contributed by atoms with van der Waals surface area (Å²) in [4.78, 5) is 22.3. The number of fused-ring (bicyclic) bond motifs is 1. The van der Waals surface area contributed by atoms with Gasteiger partial charge in [-0.1, -0.05) is 0 Å². The van der Waals surface area contributed by atoms with Crippen molar-refractivity contribution in [3.8, 4) is 0 Å². The van der Waals surface area contributed by atoms with Crippen molar-refractivity contribution in [2.24, 2.45) is 11.8 Å². The molecular formula is C9H11F3N2O2. The summed E-state index contributed by atoms with van der Waals surface area (Å²) in [5, 5.41) is 4.48. The van der Waals surface area contributed by atoms with Gasteiger partial charge in [0.15, 0.2) is 0 Å². The molecule has 0 aromatic rings. The Morgan fingerprint density at radius 2 is 1.88 bits per heavy atom. The molecule has 0 aromatic carbocycles. The van der Waals surface area contributed by atoms with Gasteiger partial charge in [-0.3, -0.25) is 10.1 Å². The summed E-state index contributed by atoms with van der Waals surface area (Å²) in [6, 6.07) is -1.06. The monoisotopic (exact) mass is 236 g/mol. The molecule has 0 radical (unpaired) electrons. The van der Waals surface area contributed by atoms with E-state index < -0.39 is 36.0 Å². The van der Waals surface area contributed by atoms with E-state index >= 15 is 0 Å². The molecule has 2 fully saturated rings. The van der Waals surface area contributed by atoms with E-state index in [4.69, 9.17) is 0 Å². The zero-order valence-corrected chi connectivity index (χ0v) is 8.30. The van der Waals surface area contributed by atoms with Gasteiger partial charge in [-0.25, -0.2) is 4.79 Å². The third kappa shape index (κ3) is 1.98. The van der Waals surface area contributed by atoms with Gasteiger partial charge in [0.1, 0.15) is 0 Å². The Bertz CT molecular complexity index is 329. The van der Waals surface area contributed by atoms with Crippen LogP contribution in [0.15, 0.2) is 0 Å². The van der Waals surface area contributed by atoms with Crippen LogP contribution in [-0.4, -0.2) is 24.2 Å². The SMILES string of the molecule is O=C1NC(=O)C2CC(C(F)(F)F)CCC2N1. The second kappa shape index (κ2) is 3.64. The fourth-order valence-corrected chi connectivity index (χ4v) is 2.34. The summed E-state index contributed by atoms with van der Waals surface area (Å²) in [5.41, 5.74) is 0. The average molecular weight is 236 g/mol. The van der Waals surface area contributed by atoms with Gasteiger partial charge in [-0.05, 0) is 19.3 Å². The predicted molar refractivity (Wildman–Crippen MR) is 47.3 cm³/mol. The van der Waals surface area contributed by atoms with Crippen LogP contribution in [-0.2, 0) is 4.79 Å². The first-order chi connectivity index (χ1) is 7.38. The van der Waals surface area contributed by atoms with Crippen LogP contribution in [0.25, 0.3) is 0 Å². The van der Waals surface area contributed by atoms with Crippen molar-refractivity contribution in [3.05, 3.63) is 0 Å². The smallest absolute Gasteiger partial charge is 0.334 e. The van der Waals surface area contributed by atoms with Crippen molar-refractivity contribution in [1.82, 2.24) is 10.6 Å². The van der Waals surface area contributed by atoms with Crippen molar-refractivity contribution < 1.29 is 22.8 Å². The first-order valence-corrected chi connectivity index (χ1v) is 5.06. The summed E-state index contributed by atoms with van der Waals surface area (Å²) in [6.45, 7) is 0. The highest BCUT2D eigenvalue weighted by molar-refractivity contribution is 5.98. The molecule has 3 unspecified atom stereocenters. The van der Waals surface area contributed by atoms with Crippen LogP contribution in [0.4, 0.5) is 18.0 Å². The third-order valence-electron chi connectivity index (χ3n) is 3.20. The number of imide groups is 1. The Morgan fingerprint density at radius 1 is 1.19 bits per heavy atom. The van der Waals surface area contributed by atoms with E-state index in [0.717, 1.165) is 0 Å². The number of rotatable bonds is 0. The van der Waals surface area contributed by atoms with Crippen molar-refractivity contribution in [2.45, 2.75) is 31.5 Å². The summed E-state index contributed by atoms with van der Waals surface area (Å²) < 4.78 is 37.5. The lowest BCUT2D eigenvalue weighted by molar-refractivity contribution is -0.187. The zero-order chi connectivity index (χ0) is 11.9. The number of urea groups is 1. The normalized spacial score (nSPS) is 35.1. The standard InChI is InChI=1S/C9H11F3N2O2/c10-9(11,12)4-1-2-6-5(3-4)7(15)14-8(16)13-6/h4-6H,1-3H2,(H2,13,14,15,16). The molecule has 1 aliphatic heterocycles. The van der Waals surface area contributed by atoms with Crippen LogP contribution < -0.4 is 10.6 Å². The van der Waals surface area contributed by atoms with Crippen molar-refractivity contribution in [3.63, 3.8) is 0 Å². The number of carbonyl (C=O) groups excluding carboxylic acids is 2. The minimum Gasteiger partial charge on any atom is -0.334 e. The highest BCUT2D eigenvalue weighted by atomic mass is 19.4. The maximum absolute atomic E-state index is 12.5. The molecule has 1 aliphatic carbocycles. The molecule has 2 N–H and O–H groups in total. The topological polar surface area (TPSA) is 58.2 Å². The van der Waals surface area contributed by atoms with Crippen LogP contribution in [0, 0.1) is 11.8 Å². The highest BCUT2D eigenvalue weighted by Crippen LogP contribution is 2.40. The Labute approximate surface area is 89.6 Å². The Balaban J connectivity index is 2.09. The summed E-state index contributed by atoms with van der Waals surface area (Å²) in [6.07, 6.45) is -4.32. The lowest BCUT2D eigenvalue weighted by Gasteiger charge is -2.38. The third-order valence-corrected chi connectivity index (χ3v) is 3.20. The van der Waals surface area contributed by atoms with E-state index in [1.807, 2.05) is 5.32 Å². The minimum absolute atomic E-state index is 0.0295. The van der Waals surface area contributed by atoms with Gasteiger partial charge in [-0.15, -0.1) is 0 Å². The zero-order valence-electron chi connectivity index (χ0n) is 8.30. The summed E-state index contributed by atoms with van der Waals surface area (Å²) in [7, 11) is 0. The predicted octanol–water partition coefficient (Wildman–Crippen LogP) is 1.17. The number of amides is 3. The van der Waals surface area contributed by atoms with Crippen LogP contribution in [0.1, 0.15) is 19.3 Å². The first-order valence-electron chi connectivity index (χ1n) is 5.06. The van der Waals surface area contributed by atoms with Gasteiger partial charge in [0.25, 0.3) is 0 Å². The second-order valence-electron chi connectivity index (χ2n) is 4.23. The van der Waals surface area contributed by atoms with Crippen LogP contribution in [0.3, 0.4) is 0 Å². The first kappa shape index (κ1) is 11.2. The molecule has 2 aliphatic rings. The molecule has 90 valence electrons. The van der Waals surface area contributed by atoms with Crippen molar-refractivity contribution in [1.29, 1.82) is 0 Å². The van der Waals surface area contributed by atoms with Gasteiger partial charge in [0, 0.05) is 6.04 Å². The van der Waals surface area contributed by atoms with Gasteiger partial charge in [0.2, 0.25) is 5.91 Å². The molecule has 1 saturated heterocycles. The largest absolute Gasteiger partial charge is 0.391 e. The molecule has 16 heavy (non-hydrogen) atoms. The number of alkyl halides is 3. The Morgan fingerprint density at radius 3 is 2.50 bits per heavy atom. The molecule has 0 aromatic heterocycles. The number of nitrogens with one attached hydrogen (secondary N) is 2. The van der Waals surface area contributed by atoms with Crippen LogP contribution in [0.5, 0.6) is 0 Å². The quantitative estimate of drug-likeness (QED) is 0.663. The van der Waals surface area contributed by atoms with E-state index in [0.29, 0.717) is 0 Å². The van der Waals surface area contributed by atoms with Gasteiger partial charge < -0.3 is 5.32 Å². The fraction of sp³-hybridized carbons (Fsp3) is 0.778. The fourth-order valence-electron chi connectivity index (χ4n) is 2.34. The van der Waals surface area contributed by atoms with Crippen molar-refractivity contribution in [2.75, 3.05) is 0 Å². The molecule has 1 saturated carbocycles. The minimum atomic E-state index is -4.26. The Kier molecular flexibility index (Phi) is 2.55. The molecule has 0 spiro atoms. The molecule has 3 amide bonds. The lowest BCUT2D eigenvalue weighted by atomic mass is 9.76. The molecule has 4 nitrogen and oxygen atoms in total. The molecule has 3 atom stereocenters. The van der Waals surface area contributed by atoms with Crippen molar-refractivity contribution >= 4 is 11.9 Å². The van der Waals surface area contributed by atoms with E-state index in [9.17, 15) is 22.8 Å². The van der Waals surface area contributed by atoms with Gasteiger partial charge in [-0.2, -0.15) is 13.2 Å². The maximum Gasteiger partial charge on any atom is 0.391 e. The molecular weight excluding hydrogens is 225 g/mol. The molecule has 2 rings (SSSR count). The van der Waals surface area contributed by atoms with E-state index in [1.165, 1.54) is 0 Å². The number of hydrogen-bond acceptors (Lipinski definition) is 2. The number of hydrogen-bond donors (Lipinski definition) is 2. The second-order valence-corrected chi connectivity index (χ2v) is 4.23. The van der Waals surface area contributed by atoms with Crippen LogP contribution >= 0.6 is 0 Å². The molecule has 7 heteroatoms. The number of carbonyl (C=O) groups is 2. The lowest BCUT2D eigenvalue weighted by Crippen LogP contribution is -2.60. The van der Waals surface area contributed by atoms with Gasteiger partial charge in [0.05, 0.1) is 11.8 Å². The molecule has 1 heterocycles. The van der Waals surface area contributed by atoms with Gasteiger partial charge >= 0.3 is 12.2 Å². The summed E-state index contributed by atoms with van der Waals surface area (Å²) in [5.74, 6) is -2.78.